The van der Waals surface area contributed by atoms with Crippen LogP contribution < -0.4 is 4.90 Å². The van der Waals surface area contributed by atoms with Gasteiger partial charge in [-0.2, -0.15) is 0 Å². The van der Waals surface area contributed by atoms with Gasteiger partial charge in [-0.1, -0.05) is 47.0 Å². The monoisotopic (exact) mass is 379 g/mol. The maximum Gasteiger partial charge on any atom is 0.231 e. The van der Waals surface area contributed by atoms with E-state index >= 15 is 0 Å². The number of nitrogens with one attached hydrogen (secondary N) is 1. The lowest BCUT2D eigenvalue weighted by Gasteiger charge is -2.32. The number of quaternary nitrogens is 1. The van der Waals surface area contributed by atoms with E-state index in [1.165, 1.54) is 48.7 Å². The number of benzene rings is 1. The van der Waals surface area contributed by atoms with Crippen molar-refractivity contribution in [2.24, 2.45) is 5.92 Å². The molecule has 2 saturated heterocycles. The largest absolute Gasteiger partial charge is 0.342 e. The van der Waals surface area contributed by atoms with Crippen LogP contribution in [0.4, 0.5) is 0 Å². The smallest absolute Gasteiger partial charge is 0.231 e. The molecule has 0 spiro atoms. The standard InChI is InChI=1S/C19H27BrN2O/c20-18-10-4-3-8-16(18)14-21-11-7-9-17(15-21)19(23)22-12-5-1-2-6-13-22/h3-4,8,10,17H,1-2,5-7,9,11-15H2/p+1/t17-/m1/s1. The molecule has 1 amide bonds. The second-order valence-corrected chi connectivity index (χ2v) is 7.91. The second-order valence-electron chi connectivity index (χ2n) is 7.05. The molecule has 1 N–H and O–H groups in total. The number of nitrogens with zero attached hydrogens (tertiary/aromatic N) is 1. The van der Waals surface area contributed by atoms with Crippen molar-refractivity contribution in [3.8, 4) is 0 Å². The topological polar surface area (TPSA) is 24.8 Å². The zero-order valence-electron chi connectivity index (χ0n) is 13.9. The Morgan fingerprint density at radius 2 is 1.87 bits per heavy atom. The number of carbonyl (C=O) groups excluding carboxylic acids is 1. The average molecular weight is 380 g/mol. The van der Waals surface area contributed by atoms with Gasteiger partial charge in [-0.25, -0.2) is 0 Å². The minimum Gasteiger partial charge on any atom is -0.342 e. The molecule has 4 heteroatoms. The molecule has 1 aromatic rings. The Bertz CT molecular complexity index is 526. The van der Waals surface area contributed by atoms with Crippen molar-refractivity contribution >= 4 is 21.8 Å². The van der Waals surface area contributed by atoms with Crippen LogP contribution in [-0.4, -0.2) is 37.0 Å². The SMILES string of the molecule is O=C([C@@H]1CCC[NH+](Cc2ccccc2Br)C1)N1CCCCCC1. The molecular formula is C19H28BrN2O+. The fourth-order valence-corrected chi connectivity index (χ4v) is 4.41. The van der Waals surface area contributed by atoms with Crippen LogP contribution in [0, 0.1) is 5.92 Å². The van der Waals surface area contributed by atoms with Gasteiger partial charge in [-0.15, -0.1) is 0 Å². The van der Waals surface area contributed by atoms with Crippen molar-refractivity contribution in [3.05, 3.63) is 34.3 Å². The quantitative estimate of drug-likeness (QED) is 0.857. The first-order chi connectivity index (χ1) is 11.2. The lowest BCUT2D eigenvalue weighted by atomic mass is 9.96. The third kappa shape index (κ3) is 4.57. The van der Waals surface area contributed by atoms with E-state index in [2.05, 4.69) is 45.1 Å². The zero-order valence-corrected chi connectivity index (χ0v) is 15.5. The van der Waals surface area contributed by atoms with Crippen LogP contribution in [0.25, 0.3) is 0 Å². The summed E-state index contributed by atoms with van der Waals surface area (Å²) in [6.07, 6.45) is 7.19. The van der Waals surface area contributed by atoms with Gasteiger partial charge in [0, 0.05) is 23.1 Å². The van der Waals surface area contributed by atoms with Gasteiger partial charge in [0.15, 0.2) is 0 Å². The predicted octanol–water partition coefficient (Wildman–Crippen LogP) is 2.65. The molecule has 1 aromatic carbocycles. The third-order valence-corrected chi connectivity index (χ3v) is 6.06. The summed E-state index contributed by atoms with van der Waals surface area (Å²) in [5.74, 6) is 0.663. The fraction of sp³-hybridized carbons (Fsp3) is 0.632. The number of rotatable bonds is 3. The van der Waals surface area contributed by atoms with Crippen LogP contribution >= 0.6 is 15.9 Å². The number of likely N-dealkylation sites (tertiary alicyclic amines) is 2. The molecule has 0 aromatic heterocycles. The summed E-state index contributed by atoms with van der Waals surface area (Å²) in [7, 11) is 0. The molecule has 0 bridgehead atoms. The summed E-state index contributed by atoms with van der Waals surface area (Å²) in [4.78, 5) is 16.6. The maximum absolute atomic E-state index is 12.9. The summed E-state index contributed by atoms with van der Waals surface area (Å²) in [5.41, 5.74) is 1.35. The number of amides is 1. The molecule has 0 aliphatic carbocycles. The van der Waals surface area contributed by atoms with E-state index in [-0.39, 0.29) is 5.92 Å². The molecule has 126 valence electrons. The van der Waals surface area contributed by atoms with E-state index in [9.17, 15) is 4.79 Å². The molecule has 23 heavy (non-hydrogen) atoms. The van der Waals surface area contributed by atoms with Crippen molar-refractivity contribution in [2.45, 2.75) is 45.1 Å². The molecule has 3 nitrogen and oxygen atoms in total. The van der Waals surface area contributed by atoms with Crippen molar-refractivity contribution < 1.29 is 9.69 Å². The number of halogens is 1. The molecule has 2 heterocycles. The van der Waals surface area contributed by atoms with Gasteiger partial charge in [-0.05, 0) is 31.7 Å². The van der Waals surface area contributed by atoms with Crippen LogP contribution in [0.1, 0.15) is 44.1 Å². The highest BCUT2D eigenvalue weighted by atomic mass is 79.9. The first-order valence-corrected chi connectivity index (χ1v) is 9.89. The summed E-state index contributed by atoms with van der Waals surface area (Å²) < 4.78 is 1.19. The van der Waals surface area contributed by atoms with E-state index in [0.717, 1.165) is 32.6 Å². The minimum absolute atomic E-state index is 0.235. The molecule has 0 radical (unpaired) electrons. The van der Waals surface area contributed by atoms with Crippen LogP contribution in [0.15, 0.2) is 28.7 Å². The summed E-state index contributed by atoms with van der Waals surface area (Å²) in [5, 5.41) is 0. The van der Waals surface area contributed by atoms with E-state index < -0.39 is 0 Å². The van der Waals surface area contributed by atoms with E-state index in [4.69, 9.17) is 0 Å². The highest BCUT2D eigenvalue weighted by Gasteiger charge is 2.32. The minimum atomic E-state index is 0.235. The van der Waals surface area contributed by atoms with Crippen LogP contribution in [0.5, 0.6) is 0 Å². The molecule has 1 unspecified atom stereocenters. The Kier molecular flexibility index (Phi) is 6.12. The number of piperidine rings is 1. The molecule has 2 aliphatic heterocycles. The summed E-state index contributed by atoms with van der Waals surface area (Å²) in [6, 6.07) is 8.46. The zero-order chi connectivity index (χ0) is 16.1. The van der Waals surface area contributed by atoms with Gasteiger partial charge in [-0.3, -0.25) is 4.79 Å². The van der Waals surface area contributed by atoms with Gasteiger partial charge in [0.2, 0.25) is 5.91 Å². The molecule has 0 saturated carbocycles. The third-order valence-electron chi connectivity index (χ3n) is 5.28. The van der Waals surface area contributed by atoms with Crippen LogP contribution in [-0.2, 0) is 11.3 Å². The number of carbonyl (C=O) groups is 1. The molecular weight excluding hydrogens is 352 g/mol. The Labute approximate surface area is 148 Å². The summed E-state index contributed by atoms with van der Waals surface area (Å²) in [6.45, 7) is 5.16. The molecule has 2 atom stereocenters. The van der Waals surface area contributed by atoms with Crippen LogP contribution in [0.2, 0.25) is 0 Å². The maximum atomic E-state index is 12.9. The lowest BCUT2D eigenvalue weighted by molar-refractivity contribution is -0.921. The van der Waals surface area contributed by atoms with Crippen molar-refractivity contribution in [2.75, 3.05) is 26.2 Å². The Morgan fingerprint density at radius 1 is 1.13 bits per heavy atom. The van der Waals surface area contributed by atoms with Crippen LogP contribution in [0.3, 0.4) is 0 Å². The molecule has 3 rings (SSSR count). The van der Waals surface area contributed by atoms with Gasteiger partial charge in [0.05, 0.1) is 19.0 Å². The first-order valence-electron chi connectivity index (χ1n) is 9.10. The second kappa shape index (κ2) is 8.29. The van der Waals surface area contributed by atoms with Gasteiger partial charge in [0.1, 0.15) is 6.54 Å². The average Bonchev–Trinajstić information content (AvgIpc) is 2.86. The van der Waals surface area contributed by atoms with Crippen molar-refractivity contribution in [1.29, 1.82) is 0 Å². The van der Waals surface area contributed by atoms with Gasteiger partial charge in [0.25, 0.3) is 0 Å². The van der Waals surface area contributed by atoms with Gasteiger partial charge >= 0.3 is 0 Å². The Morgan fingerprint density at radius 3 is 2.61 bits per heavy atom. The van der Waals surface area contributed by atoms with Crippen molar-refractivity contribution in [3.63, 3.8) is 0 Å². The number of hydrogen-bond acceptors (Lipinski definition) is 1. The summed E-state index contributed by atoms with van der Waals surface area (Å²) >= 11 is 3.65. The highest BCUT2D eigenvalue weighted by Crippen LogP contribution is 2.18. The van der Waals surface area contributed by atoms with Gasteiger partial charge < -0.3 is 9.80 Å². The van der Waals surface area contributed by atoms with E-state index in [1.54, 1.807) is 4.90 Å². The predicted molar refractivity (Wildman–Crippen MR) is 96.3 cm³/mol. The van der Waals surface area contributed by atoms with Crippen molar-refractivity contribution in [1.82, 2.24) is 4.90 Å². The molecule has 2 fully saturated rings. The Hall–Kier alpha value is -0.870. The Balaban J connectivity index is 1.59. The fourth-order valence-electron chi connectivity index (χ4n) is 3.98. The first kappa shape index (κ1) is 17.0. The lowest BCUT2D eigenvalue weighted by Crippen LogP contribution is -3.12. The number of hydrogen-bond donors (Lipinski definition) is 1. The van der Waals surface area contributed by atoms with E-state index in [1.807, 2.05) is 0 Å². The molecule has 2 aliphatic rings. The normalized spacial score (nSPS) is 25.9. The van der Waals surface area contributed by atoms with E-state index in [0.29, 0.717) is 5.91 Å². The highest BCUT2D eigenvalue weighted by molar-refractivity contribution is 9.10.